The molecule has 2 aromatic carbocycles. The zero-order valence-electron chi connectivity index (χ0n) is 22.2. The Balaban J connectivity index is 2.37. The van der Waals surface area contributed by atoms with Crippen molar-refractivity contribution in [3.63, 3.8) is 0 Å². The molecule has 0 saturated carbocycles. The lowest BCUT2D eigenvalue weighted by atomic mass is 9.75. The van der Waals surface area contributed by atoms with E-state index in [-0.39, 0.29) is 17.6 Å². The van der Waals surface area contributed by atoms with E-state index in [9.17, 15) is 38.5 Å². The second kappa shape index (κ2) is 15.0. The number of halogens is 4. The molecule has 0 spiro atoms. The number of rotatable bonds is 16. The summed E-state index contributed by atoms with van der Waals surface area (Å²) in [7, 11) is -0.893. The zero-order valence-corrected chi connectivity index (χ0v) is 23.4. The van der Waals surface area contributed by atoms with Crippen LogP contribution in [0.3, 0.4) is 0 Å². The number of hydrogen-bond acceptors (Lipinski definition) is 8. The maximum atomic E-state index is 15.8. The van der Waals surface area contributed by atoms with Crippen molar-refractivity contribution in [2.75, 3.05) is 13.6 Å². The molecule has 1 amide bonds. The number of allylic oxidation sites excluding steroid dienone is 1. The minimum absolute atomic E-state index is 0.117. The van der Waals surface area contributed by atoms with Crippen molar-refractivity contribution in [2.24, 2.45) is 0 Å². The predicted octanol–water partition coefficient (Wildman–Crippen LogP) is 0.249. The molecule has 0 aliphatic heterocycles. The molecule has 7 N–H and O–H groups in total. The van der Waals surface area contributed by atoms with Crippen molar-refractivity contribution in [1.82, 2.24) is 16.2 Å². The van der Waals surface area contributed by atoms with Gasteiger partial charge in [0.1, 0.15) is 0 Å². The van der Waals surface area contributed by atoms with Crippen molar-refractivity contribution in [3.05, 3.63) is 71.3 Å². The summed E-state index contributed by atoms with van der Waals surface area (Å²) in [6, 6.07) is 3.85. The van der Waals surface area contributed by atoms with Gasteiger partial charge in [-0.25, -0.2) is 14.2 Å². The lowest BCUT2D eigenvalue weighted by molar-refractivity contribution is -0.113. The van der Waals surface area contributed by atoms with Crippen LogP contribution in [-0.2, 0) is 16.6 Å². The first-order valence-electron chi connectivity index (χ1n) is 12.5. The number of amides is 1. The van der Waals surface area contributed by atoms with Gasteiger partial charge in [0.2, 0.25) is 0 Å². The largest absolute Gasteiger partial charge is 0.488 e. The van der Waals surface area contributed by atoms with Crippen LogP contribution in [0.15, 0.2) is 49.1 Å². The SMILES string of the molecule is C=CCC(F)(F)c1cc(B(O)O)cc(C(F)(F)c2cc(B(O)O)cc(C(=O)NCCCC[C@H](NNC)C(=O)P)c2)c1. The summed E-state index contributed by atoms with van der Waals surface area (Å²) in [6.07, 6.45) is 1.41. The molecule has 0 fully saturated rings. The van der Waals surface area contributed by atoms with Crippen LogP contribution in [0.2, 0.25) is 0 Å². The summed E-state index contributed by atoms with van der Waals surface area (Å²) in [5.74, 6) is -8.55. The molecule has 0 radical (unpaired) electrons. The van der Waals surface area contributed by atoms with E-state index < -0.39 is 72.1 Å². The maximum Gasteiger partial charge on any atom is 0.488 e. The Morgan fingerprint density at radius 1 is 0.951 bits per heavy atom. The van der Waals surface area contributed by atoms with Gasteiger partial charge in [0, 0.05) is 35.2 Å². The fourth-order valence-electron chi connectivity index (χ4n) is 4.01. The van der Waals surface area contributed by atoms with E-state index in [2.05, 4.69) is 32.0 Å². The van der Waals surface area contributed by atoms with Crippen molar-refractivity contribution >= 4 is 45.8 Å². The molecule has 9 nitrogen and oxygen atoms in total. The van der Waals surface area contributed by atoms with Gasteiger partial charge in [-0.2, -0.15) is 8.78 Å². The third kappa shape index (κ3) is 9.44. The number of nitrogens with one attached hydrogen (secondary N) is 3. The number of alkyl halides is 4. The number of carbonyl (C=O) groups excluding carboxylic acids is 2. The van der Waals surface area contributed by atoms with Crippen LogP contribution in [0, 0.1) is 0 Å². The first-order chi connectivity index (χ1) is 19.1. The molecular formula is C25H32B2F4N3O6P. The number of carbonyl (C=O) groups is 2. The zero-order chi connectivity index (χ0) is 31.0. The monoisotopic (exact) mass is 599 g/mol. The van der Waals surface area contributed by atoms with Gasteiger partial charge in [0.15, 0.2) is 5.52 Å². The minimum atomic E-state index is -4.08. The summed E-state index contributed by atoms with van der Waals surface area (Å²) < 4.78 is 60.7. The summed E-state index contributed by atoms with van der Waals surface area (Å²) >= 11 is 0. The number of hydrazine groups is 1. The smallest absolute Gasteiger partial charge is 0.423 e. The highest BCUT2D eigenvalue weighted by atomic mass is 31.0. The molecule has 0 heterocycles. The molecule has 0 aliphatic rings. The fraction of sp³-hybridized carbons (Fsp3) is 0.360. The maximum absolute atomic E-state index is 15.8. The summed E-state index contributed by atoms with van der Waals surface area (Å²) in [6.45, 7) is 3.34. The van der Waals surface area contributed by atoms with E-state index in [0.29, 0.717) is 43.5 Å². The van der Waals surface area contributed by atoms with Crippen molar-refractivity contribution in [2.45, 2.75) is 43.6 Å². The van der Waals surface area contributed by atoms with Gasteiger partial charge in [-0.15, -0.1) is 6.58 Å². The summed E-state index contributed by atoms with van der Waals surface area (Å²) in [4.78, 5) is 24.3. The number of unbranched alkanes of at least 4 members (excludes halogenated alkanes) is 1. The van der Waals surface area contributed by atoms with Gasteiger partial charge in [0.25, 0.3) is 17.8 Å². The first-order valence-corrected chi connectivity index (χ1v) is 13.1. The quantitative estimate of drug-likeness (QED) is 0.0363. The predicted molar refractivity (Wildman–Crippen MR) is 151 cm³/mol. The molecule has 41 heavy (non-hydrogen) atoms. The second-order valence-electron chi connectivity index (χ2n) is 9.31. The Labute approximate surface area is 237 Å². The van der Waals surface area contributed by atoms with E-state index in [1.807, 2.05) is 0 Å². The van der Waals surface area contributed by atoms with Crippen LogP contribution in [-0.4, -0.2) is 65.4 Å². The van der Waals surface area contributed by atoms with Crippen LogP contribution in [0.25, 0.3) is 0 Å². The number of hydrogen-bond donors (Lipinski definition) is 7. The molecule has 2 rings (SSSR count). The van der Waals surface area contributed by atoms with Gasteiger partial charge in [-0.1, -0.05) is 33.5 Å². The van der Waals surface area contributed by atoms with Crippen molar-refractivity contribution < 1.29 is 47.2 Å². The average Bonchev–Trinajstić information content (AvgIpc) is 2.91. The van der Waals surface area contributed by atoms with Crippen molar-refractivity contribution in [1.29, 1.82) is 0 Å². The Kier molecular flexibility index (Phi) is 12.7. The van der Waals surface area contributed by atoms with Crippen LogP contribution in [0.5, 0.6) is 0 Å². The van der Waals surface area contributed by atoms with E-state index in [1.165, 1.54) is 0 Å². The van der Waals surface area contributed by atoms with Gasteiger partial charge in [-0.3, -0.25) is 15.0 Å². The molecular weight excluding hydrogens is 567 g/mol. The lowest BCUT2D eigenvalue weighted by Gasteiger charge is -2.23. The Hall–Kier alpha value is -2.64. The Morgan fingerprint density at radius 3 is 2.05 bits per heavy atom. The van der Waals surface area contributed by atoms with Crippen LogP contribution in [0.1, 0.15) is 52.7 Å². The van der Waals surface area contributed by atoms with Crippen LogP contribution < -0.4 is 27.1 Å². The molecule has 2 aromatic rings. The first kappa shape index (κ1) is 34.6. The highest BCUT2D eigenvalue weighted by Gasteiger charge is 2.39. The van der Waals surface area contributed by atoms with Gasteiger partial charge in [0.05, 0.1) is 6.04 Å². The molecule has 0 aliphatic carbocycles. The molecule has 1 unspecified atom stereocenters. The van der Waals surface area contributed by atoms with Crippen LogP contribution in [0.4, 0.5) is 17.6 Å². The fourth-order valence-corrected chi connectivity index (χ4v) is 4.26. The Bertz CT molecular complexity index is 1240. The molecule has 16 heteroatoms. The van der Waals surface area contributed by atoms with Crippen molar-refractivity contribution in [3.8, 4) is 0 Å². The van der Waals surface area contributed by atoms with Gasteiger partial charge < -0.3 is 25.4 Å². The molecule has 2 atom stereocenters. The topological polar surface area (TPSA) is 151 Å². The van der Waals surface area contributed by atoms with E-state index in [0.717, 1.165) is 18.2 Å². The highest BCUT2D eigenvalue weighted by molar-refractivity contribution is 7.40. The van der Waals surface area contributed by atoms with E-state index in [1.54, 1.807) is 7.05 Å². The average molecular weight is 599 g/mol. The Morgan fingerprint density at radius 2 is 1.51 bits per heavy atom. The molecule has 0 saturated heterocycles. The van der Waals surface area contributed by atoms with Crippen LogP contribution >= 0.6 is 9.24 Å². The normalized spacial score (nSPS) is 12.5. The lowest BCUT2D eigenvalue weighted by Crippen LogP contribution is -2.41. The van der Waals surface area contributed by atoms with E-state index in [4.69, 9.17) is 0 Å². The standard InChI is InChI=1S/C25H32B2F4N3O6P/c1-3-7-24(28,29)16-11-18(14-20(12-16)27(39)40)25(30,31)17-9-15(10-19(13-17)26(37)38)22(35)33-8-5-4-6-21(23(36)41)34-32-2/h3,9-14,21,32,34,37-40H,1,4-8,41H2,2H3,(H,33,35)/t21-/m0/s1. The molecule has 0 aromatic heterocycles. The summed E-state index contributed by atoms with van der Waals surface area (Å²) in [5, 5.41) is 41.0. The van der Waals surface area contributed by atoms with Gasteiger partial charge >= 0.3 is 14.2 Å². The number of benzene rings is 2. The highest BCUT2D eigenvalue weighted by Crippen LogP contribution is 2.39. The third-order valence-corrected chi connectivity index (χ3v) is 6.59. The second-order valence-corrected chi connectivity index (χ2v) is 9.88. The van der Waals surface area contributed by atoms with Gasteiger partial charge in [-0.05, 0) is 55.4 Å². The molecule has 222 valence electrons. The third-order valence-electron chi connectivity index (χ3n) is 6.18. The van der Waals surface area contributed by atoms with E-state index >= 15 is 8.78 Å². The molecule has 0 bridgehead atoms. The summed E-state index contributed by atoms with van der Waals surface area (Å²) in [5.41, 5.74) is 1.01. The minimum Gasteiger partial charge on any atom is -0.423 e.